The molecular weight excluding hydrogens is 316 g/mol. The molecule has 0 aromatic heterocycles. The van der Waals surface area contributed by atoms with Crippen LogP contribution in [-0.4, -0.2) is 30.7 Å². The number of ether oxygens (including phenoxy) is 2. The highest BCUT2D eigenvalue weighted by molar-refractivity contribution is 5.96. The van der Waals surface area contributed by atoms with Crippen molar-refractivity contribution in [1.29, 1.82) is 0 Å². The van der Waals surface area contributed by atoms with Gasteiger partial charge in [-0.05, 0) is 24.1 Å². The van der Waals surface area contributed by atoms with E-state index in [0.717, 1.165) is 0 Å². The molecule has 9 nitrogen and oxygen atoms in total. The molecule has 0 aliphatic carbocycles. The fraction of sp³-hybridized carbons (Fsp3) is 0.400. The zero-order chi connectivity index (χ0) is 17.7. The molecule has 0 fully saturated rings. The van der Waals surface area contributed by atoms with Crippen molar-refractivity contribution in [2.24, 2.45) is 11.7 Å². The summed E-state index contributed by atoms with van der Waals surface area (Å²) in [5.74, 6) is -0.222. The molecule has 1 aliphatic heterocycles. The van der Waals surface area contributed by atoms with Crippen molar-refractivity contribution < 1.29 is 23.9 Å². The average molecular weight is 336 g/mol. The predicted octanol–water partition coefficient (Wildman–Crippen LogP) is 0.259. The van der Waals surface area contributed by atoms with E-state index in [1.54, 1.807) is 19.1 Å². The van der Waals surface area contributed by atoms with Gasteiger partial charge in [-0.1, -0.05) is 20.3 Å². The molecule has 9 heteroatoms. The van der Waals surface area contributed by atoms with Crippen LogP contribution in [0.4, 0.5) is 4.79 Å². The Morgan fingerprint density at radius 1 is 1.21 bits per heavy atom. The van der Waals surface area contributed by atoms with Crippen molar-refractivity contribution in [2.75, 3.05) is 6.79 Å². The van der Waals surface area contributed by atoms with Crippen LogP contribution in [0.1, 0.15) is 30.6 Å². The van der Waals surface area contributed by atoms with Gasteiger partial charge < -0.3 is 20.5 Å². The van der Waals surface area contributed by atoms with Gasteiger partial charge in [0.2, 0.25) is 6.79 Å². The summed E-state index contributed by atoms with van der Waals surface area (Å²) in [6.07, 6.45) is 0.647. The first kappa shape index (κ1) is 17.4. The zero-order valence-corrected chi connectivity index (χ0v) is 13.4. The van der Waals surface area contributed by atoms with Crippen LogP contribution in [0.5, 0.6) is 11.5 Å². The molecular formula is C15H20N4O5. The van der Waals surface area contributed by atoms with Crippen molar-refractivity contribution >= 4 is 17.8 Å². The normalized spacial score (nSPS) is 14.4. The molecule has 0 spiro atoms. The monoisotopic (exact) mass is 336 g/mol. The lowest BCUT2D eigenvalue weighted by molar-refractivity contribution is -0.124. The molecule has 2 atom stereocenters. The molecule has 4 amide bonds. The van der Waals surface area contributed by atoms with E-state index < -0.39 is 23.9 Å². The van der Waals surface area contributed by atoms with Gasteiger partial charge in [-0.15, -0.1) is 0 Å². The number of rotatable bonds is 5. The van der Waals surface area contributed by atoms with Gasteiger partial charge in [0, 0.05) is 5.56 Å². The predicted molar refractivity (Wildman–Crippen MR) is 84.1 cm³/mol. The van der Waals surface area contributed by atoms with E-state index in [1.807, 2.05) is 6.92 Å². The lowest BCUT2D eigenvalue weighted by Crippen LogP contribution is -2.55. The maximum Gasteiger partial charge on any atom is 0.312 e. The quantitative estimate of drug-likeness (QED) is 0.573. The molecule has 0 unspecified atom stereocenters. The van der Waals surface area contributed by atoms with Crippen molar-refractivity contribution in [1.82, 2.24) is 16.2 Å². The lowest BCUT2D eigenvalue weighted by atomic mass is 9.99. The fourth-order valence-corrected chi connectivity index (χ4v) is 2.16. The van der Waals surface area contributed by atoms with Gasteiger partial charge >= 0.3 is 6.03 Å². The van der Waals surface area contributed by atoms with Crippen LogP contribution >= 0.6 is 0 Å². The topological polar surface area (TPSA) is 132 Å². The Balaban J connectivity index is 1.96. The molecule has 1 heterocycles. The lowest BCUT2D eigenvalue weighted by Gasteiger charge is -2.22. The van der Waals surface area contributed by atoms with Crippen LogP contribution < -0.4 is 31.4 Å². The highest BCUT2D eigenvalue weighted by Crippen LogP contribution is 2.32. The number of urea groups is 1. The molecule has 0 radical (unpaired) electrons. The van der Waals surface area contributed by atoms with Gasteiger partial charge in [-0.25, -0.2) is 4.79 Å². The van der Waals surface area contributed by atoms with E-state index in [9.17, 15) is 14.4 Å². The Morgan fingerprint density at radius 2 is 1.92 bits per heavy atom. The second kappa shape index (κ2) is 7.53. The molecule has 1 aromatic rings. The minimum Gasteiger partial charge on any atom is -0.454 e. The number of benzene rings is 1. The smallest absolute Gasteiger partial charge is 0.312 e. The molecule has 24 heavy (non-hydrogen) atoms. The number of amides is 4. The molecule has 130 valence electrons. The Labute approximate surface area is 138 Å². The van der Waals surface area contributed by atoms with Gasteiger partial charge in [0.05, 0.1) is 0 Å². The van der Waals surface area contributed by atoms with Crippen LogP contribution in [-0.2, 0) is 4.79 Å². The summed E-state index contributed by atoms with van der Waals surface area (Å²) in [7, 11) is 0. The number of nitrogens with two attached hydrogens (primary N) is 1. The molecule has 0 saturated heterocycles. The Morgan fingerprint density at radius 3 is 2.58 bits per heavy atom. The standard InChI is InChI=1S/C15H20N4O5/c1-3-8(2)12(17-15(16)22)14(21)19-18-13(20)9-4-5-10-11(6-9)24-7-23-10/h4-6,8,12H,3,7H2,1-2H3,(H,18,20)(H,19,21)(H3,16,17,22)/t8-,12-/m0/s1. The summed E-state index contributed by atoms with van der Waals surface area (Å²) in [5.41, 5.74) is 9.96. The minimum absolute atomic E-state index is 0.104. The van der Waals surface area contributed by atoms with Gasteiger partial charge in [0.25, 0.3) is 11.8 Å². The van der Waals surface area contributed by atoms with Crippen LogP contribution in [0.3, 0.4) is 0 Å². The third-order valence-electron chi connectivity index (χ3n) is 3.73. The maximum atomic E-state index is 12.2. The largest absolute Gasteiger partial charge is 0.454 e. The Bertz CT molecular complexity index is 649. The summed E-state index contributed by atoms with van der Waals surface area (Å²) >= 11 is 0. The summed E-state index contributed by atoms with van der Waals surface area (Å²) in [5, 5.41) is 2.37. The number of carbonyl (C=O) groups is 3. The van der Waals surface area contributed by atoms with E-state index in [1.165, 1.54) is 6.07 Å². The van der Waals surface area contributed by atoms with Crippen LogP contribution in [0, 0.1) is 5.92 Å². The van der Waals surface area contributed by atoms with Gasteiger partial charge in [0.15, 0.2) is 11.5 Å². The summed E-state index contributed by atoms with van der Waals surface area (Å²) in [4.78, 5) is 35.3. The summed E-state index contributed by atoms with van der Waals surface area (Å²) < 4.78 is 10.4. The van der Waals surface area contributed by atoms with Crippen molar-refractivity contribution in [3.05, 3.63) is 23.8 Å². The number of hydrogen-bond donors (Lipinski definition) is 4. The number of primary amides is 1. The minimum atomic E-state index is -0.843. The third kappa shape index (κ3) is 4.06. The Kier molecular flexibility index (Phi) is 5.46. The number of fused-ring (bicyclic) bond motifs is 1. The first-order valence-electron chi connectivity index (χ1n) is 7.48. The van der Waals surface area contributed by atoms with Crippen molar-refractivity contribution in [3.8, 4) is 11.5 Å². The second-order valence-corrected chi connectivity index (χ2v) is 5.38. The number of hydrazine groups is 1. The highest BCUT2D eigenvalue weighted by Gasteiger charge is 2.25. The first-order valence-corrected chi connectivity index (χ1v) is 7.48. The summed E-state index contributed by atoms with van der Waals surface area (Å²) in [6.45, 7) is 3.77. The number of carbonyl (C=O) groups excluding carboxylic acids is 3. The van der Waals surface area contributed by atoms with E-state index in [-0.39, 0.29) is 12.7 Å². The fourth-order valence-electron chi connectivity index (χ4n) is 2.16. The van der Waals surface area contributed by atoms with E-state index in [4.69, 9.17) is 15.2 Å². The summed E-state index contributed by atoms with van der Waals surface area (Å²) in [6, 6.07) is 3.01. The average Bonchev–Trinajstić information content (AvgIpc) is 3.03. The number of hydrogen-bond acceptors (Lipinski definition) is 5. The van der Waals surface area contributed by atoms with Gasteiger partial charge in [0.1, 0.15) is 6.04 Å². The van der Waals surface area contributed by atoms with E-state index in [2.05, 4.69) is 16.2 Å². The van der Waals surface area contributed by atoms with E-state index in [0.29, 0.717) is 23.5 Å². The SMILES string of the molecule is CC[C@H](C)[C@H](NC(N)=O)C(=O)NNC(=O)c1ccc2c(c1)OCO2. The number of nitrogens with one attached hydrogen (secondary N) is 3. The van der Waals surface area contributed by atoms with Crippen molar-refractivity contribution in [2.45, 2.75) is 26.3 Å². The molecule has 1 aliphatic rings. The molecule has 5 N–H and O–H groups in total. The molecule has 1 aromatic carbocycles. The molecule has 2 rings (SSSR count). The van der Waals surface area contributed by atoms with Crippen LogP contribution in [0.15, 0.2) is 18.2 Å². The van der Waals surface area contributed by atoms with Crippen LogP contribution in [0.2, 0.25) is 0 Å². The third-order valence-corrected chi connectivity index (χ3v) is 3.73. The molecule has 0 saturated carbocycles. The highest BCUT2D eigenvalue weighted by atomic mass is 16.7. The van der Waals surface area contributed by atoms with E-state index >= 15 is 0 Å². The van der Waals surface area contributed by atoms with Crippen LogP contribution in [0.25, 0.3) is 0 Å². The second-order valence-electron chi connectivity index (χ2n) is 5.38. The Hall–Kier alpha value is -2.97. The van der Waals surface area contributed by atoms with Crippen molar-refractivity contribution in [3.63, 3.8) is 0 Å². The maximum absolute atomic E-state index is 12.2. The van der Waals surface area contributed by atoms with Gasteiger partial charge in [-0.2, -0.15) is 0 Å². The molecule has 0 bridgehead atoms. The zero-order valence-electron chi connectivity index (χ0n) is 13.4. The van der Waals surface area contributed by atoms with Gasteiger partial charge in [-0.3, -0.25) is 20.4 Å². The first-order chi connectivity index (χ1) is 11.4.